The van der Waals surface area contributed by atoms with Crippen LogP contribution in [0.3, 0.4) is 0 Å². The molecule has 0 N–H and O–H groups in total. The summed E-state index contributed by atoms with van der Waals surface area (Å²) in [5, 5.41) is 2.27. The molecule has 0 radical (unpaired) electrons. The molecule has 1 aliphatic carbocycles. The Kier molecular flexibility index (Phi) is 4.45. The lowest BCUT2D eigenvalue weighted by atomic mass is 9.66. The quantitative estimate of drug-likeness (QED) is 0.811. The summed E-state index contributed by atoms with van der Waals surface area (Å²) in [5.41, 5.74) is 1.27. The molecule has 128 valence electrons. The fourth-order valence-electron chi connectivity index (χ4n) is 4.76. The summed E-state index contributed by atoms with van der Waals surface area (Å²) in [5.74, 6) is 2.76. The summed E-state index contributed by atoms with van der Waals surface area (Å²) >= 11 is 0. The fraction of sp³-hybridized carbons (Fsp3) is 0.700. The number of hydrogen-bond donors (Lipinski definition) is 0. The van der Waals surface area contributed by atoms with Crippen molar-refractivity contribution in [3.63, 3.8) is 0 Å². The van der Waals surface area contributed by atoms with E-state index < -0.39 is 0 Å². The molecule has 3 rings (SSSR count). The lowest BCUT2D eigenvalue weighted by Crippen LogP contribution is -2.45. The van der Waals surface area contributed by atoms with Gasteiger partial charge in [-0.3, -0.25) is 4.84 Å². The van der Waals surface area contributed by atoms with Crippen LogP contribution in [0.4, 0.5) is 0 Å². The molecule has 4 unspecified atom stereocenters. The topological polar surface area (TPSA) is 21.7 Å². The monoisotopic (exact) mass is 317 g/mol. The van der Waals surface area contributed by atoms with E-state index in [0.29, 0.717) is 29.8 Å². The summed E-state index contributed by atoms with van der Waals surface area (Å²) in [4.78, 5) is 6.37. The minimum absolute atomic E-state index is 0.0934. The van der Waals surface area contributed by atoms with Gasteiger partial charge < -0.3 is 4.74 Å². The van der Waals surface area contributed by atoms with Crippen LogP contribution in [0.25, 0.3) is 0 Å². The van der Waals surface area contributed by atoms with Crippen molar-refractivity contribution in [3.05, 3.63) is 29.8 Å². The second-order valence-electron chi connectivity index (χ2n) is 8.13. The highest BCUT2D eigenvalue weighted by molar-refractivity contribution is 5.37. The van der Waals surface area contributed by atoms with Gasteiger partial charge in [0.15, 0.2) is 0 Å². The molecule has 1 saturated heterocycles. The Balaban J connectivity index is 1.91. The van der Waals surface area contributed by atoms with Crippen molar-refractivity contribution >= 4 is 0 Å². The Morgan fingerprint density at radius 1 is 1.22 bits per heavy atom. The van der Waals surface area contributed by atoms with Crippen molar-refractivity contribution < 1.29 is 9.57 Å². The summed E-state index contributed by atoms with van der Waals surface area (Å²) in [6.07, 6.45) is 2.37. The SMILES string of the molecule is COc1ccccc1C1CC(C)C2C(C1)C(C)(C)ON2C(C)C. The molecule has 2 aliphatic rings. The van der Waals surface area contributed by atoms with Crippen LogP contribution in [0.15, 0.2) is 24.3 Å². The molecule has 4 atom stereocenters. The maximum absolute atomic E-state index is 6.37. The van der Waals surface area contributed by atoms with E-state index in [0.717, 1.165) is 5.75 Å². The Labute approximate surface area is 140 Å². The Morgan fingerprint density at radius 2 is 1.91 bits per heavy atom. The number of methoxy groups -OCH3 is 1. The predicted octanol–water partition coefficient (Wildman–Crippen LogP) is 4.63. The van der Waals surface area contributed by atoms with E-state index in [1.807, 2.05) is 0 Å². The average molecular weight is 317 g/mol. The Morgan fingerprint density at radius 3 is 2.57 bits per heavy atom. The van der Waals surface area contributed by atoms with Gasteiger partial charge >= 0.3 is 0 Å². The van der Waals surface area contributed by atoms with Crippen LogP contribution in [-0.2, 0) is 4.84 Å². The fourth-order valence-corrected chi connectivity index (χ4v) is 4.76. The third-order valence-corrected chi connectivity index (χ3v) is 5.81. The smallest absolute Gasteiger partial charge is 0.122 e. The van der Waals surface area contributed by atoms with E-state index >= 15 is 0 Å². The van der Waals surface area contributed by atoms with Gasteiger partial charge in [0, 0.05) is 18.0 Å². The first-order valence-electron chi connectivity index (χ1n) is 8.95. The van der Waals surface area contributed by atoms with E-state index in [2.05, 4.69) is 63.9 Å². The summed E-state index contributed by atoms with van der Waals surface area (Å²) in [7, 11) is 1.77. The van der Waals surface area contributed by atoms with Crippen molar-refractivity contribution in [1.29, 1.82) is 0 Å². The molecule has 0 bridgehead atoms. The van der Waals surface area contributed by atoms with Crippen LogP contribution >= 0.6 is 0 Å². The number of para-hydroxylation sites is 1. The molecule has 1 aliphatic heterocycles. The van der Waals surface area contributed by atoms with Gasteiger partial charge in [0.1, 0.15) is 5.75 Å². The van der Waals surface area contributed by atoms with Crippen LogP contribution in [0.5, 0.6) is 5.75 Å². The van der Waals surface area contributed by atoms with E-state index in [1.165, 1.54) is 18.4 Å². The van der Waals surface area contributed by atoms with Crippen LogP contribution in [0.2, 0.25) is 0 Å². The molecule has 0 spiro atoms. The van der Waals surface area contributed by atoms with Crippen LogP contribution in [-0.4, -0.2) is 29.9 Å². The van der Waals surface area contributed by atoms with E-state index in [-0.39, 0.29) is 5.60 Å². The minimum Gasteiger partial charge on any atom is -0.496 e. The van der Waals surface area contributed by atoms with Crippen LogP contribution < -0.4 is 4.74 Å². The van der Waals surface area contributed by atoms with E-state index in [4.69, 9.17) is 9.57 Å². The molecule has 1 heterocycles. The van der Waals surface area contributed by atoms with Crippen molar-refractivity contribution in [2.45, 2.75) is 71.1 Å². The number of fused-ring (bicyclic) bond motifs is 1. The molecule has 23 heavy (non-hydrogen) atoms. The van der Waals surface area contributed by atoms with Crippen LogP contribution in [0, 0.1) is 11.8 Å². The zero-order valence-corrected chi connectivity index (χ0v) is 15.4. The van der Waals surface area contributed by atoms with Gasteiger partial charge in [0.25, 0.3) is 0 Å². The molecule has 1 aromatic rings. The normalized spacial score (nSPS) is 33.7. The number of rotatable bonds is 3. The molecule has 3 heteroatoms. The van der Waals surface area contributed by atoms with Crippen LogP contribution in [0.1, 0.15) is 58.9 Å². The number of benzene rings is 1. The maximum Gasteiger partial charge on any atom is 0.122 e. The largest absolute Gasteiger partial charge is 0.496 e. The number of hydrogen-bond acceptors (Lipinski definition) is 3. The first-order chi connectivity index (χ1) is 10.8. The minimum atomic E-state index is -0.0934. The third kappa shape index (κ3) is 2.89. The van der Waals surface area contributed by atoms with Gasteiger partial charge in [-0.05, 0) is 64.0 Å². The average Bonchev–Trinajstić information content (AvgIpc) is 2.79. The van der Waals surface area contributed by atoms with Crippen molar-refractivity contribution in [3.8, 4) is 5.75 Å². The molecule has 2 fully saturated rings. The highest BCUT2D eigenvalue weighted by Crippen LogP contribution is 2.52. The van der Waals surface area contributed by atoms with Crippen molar-refractivity contribution in [2.24, 2.45) is 11.8 Å². The lowest BCUT2D eigenvalue weighted by Gasteiger charge is -2.41. The van der Waals surface area contributed by atoms with Gasteiger partial charge in [-0.1, -0.05) is 25.1 Å². The summed E-state index contributed by atoms with van der Waals surface area (Å²) in [6.45, 7) is 11.4. The zero-order chi connectivity index (χ0) is 16.8. The first-order valence-corrected chi connectivity index (χ1v) is 8.95. The van der Waals surface area contributed by atoms with E-state index in [1.54, 1.807) is 7.11 Å². The second-order valence-corrected chi connectivity index (χ2v) is 8.13. The molecule has 0 amide bonds. The molecule has 1 saturated carbocycles. The standard InChI is InChI=1S/C20H31NO2/c1-13(2)21-19-14(3)11-15(12-17(19)20(4,5)23-21)16-9-7-8-10-18(16)22-6/h7-10,13-15,17,19H,11-12H2,1-6H3. The maximum atomic E-state index is 6.37. The molecule has 1 aromatic carbocycles. The zero-order valence-electron chi connectivity index (χ0n) is 15.4. The molecule has 0 aromatic heterocycles. The highest BCUT2D eigenvalue weighted by Gasteiger charge is 2.54. The van der Waals surface area contributed by atoms with Gasteiger partial charge in [0.05, 0.1) is 12.7 Å². The third-order valence-electron chi connectivity index (χ3n) is 5.81. The number of hydroxylamine groups is 2. The lowest BCUT2D eigenvalue weighted by molar-refractivity contribution is -0.215. The van der Waals surface area contributed by atoms with Crippen molar-refractivity contribution in [1.82, 2.24) is 5.06 Å². The van der Waals surface area contributed by atoms with Gasteiger partial charge in [-0.15, -0.1) is 0 Å². The highest BCUT2D eigenvalue weighted by atomic mass is 16.7. The summed E-state index contributed by atoms with van der Waals surface area (Å²) < 4.78 is 5.61. The molecule has 3 nitrogen and oxygen atoms in total. The predicted molar refractivity (Wildman–Crippen MR) is 93.6 cm³/mol. The van der Waals surface area contributed by atoms with Gasteiger partial charge in [-0.25, -0.2) is 0 Å². The number of nitrogens with zero attached hydrogens (tertiary/aromatic N) is 1. The molecular weight excluding hydrogens is 286 g/mol. The first kappa shape index (κ1) is 16.8. The summed E-state index contributed by atoms with van der Waals surface area (Å²) in [6, 6.07) is 9.46. The molecular formula is C20H31NO2. The Bertz CT molecular complexity index is 554. The van der Waals surface area contributed by atoms with Gasteiger partial charge in [0.2, 0.25) is 0 Å². The Hall–Kier alpha value is -1.06. The second kappa shape index (κ2) is 6.10. The number of ether oxygens (including phenoxy) is 1. The van der Waals surface area contributed by atoms with Gasteiger partial charge in [-0.2, -0.15) is 5.06 Å². The van der Waals surface area contributed by atoms with E-state index in [9.17, 15) is 0 Å². The van der Waals surface area contributed by atoms with Crippen molar-refractivity contribution in [2.75, 3.05) is 7.11 Å².